The second-order valence-electron chi connectivity index (χ2n) is 4.51. The van der Waals surface area contributed by atoms with E-state index in [0.29, 0.717) is 12.8 Å². The van der Waals surface area contributed by atoms with E-state index < -0.39 is 18.1 Å². The maximum atomic E-state index is 12.0. The number of alkyl halides is 3. The molecule has 0 spiro atoms. The number of carbonyl (C=O) groups excluding carboxylic acids is 1. The first-order valence-electron chi connectivity index (χ1n) is 5.94. The fourth-order valence-electron chi connectivity index (χ4n) is 2.23. The van der Waals surface area contributed by atoms with E-state index >= 15 is 0 Å². The van der Waals surface area contributed by atoms with E-state index in [1.54, 1.807) is 7.05 Å². The smallest absolute Gasteiger partial charge is 0.354 e. The third kappa shape index (κ3) is 4.18. The van der Waals surface area contributed by atoms with Crippen molar-refractivity contribution in [2.24, 2.45) is 0 Å². The predicted molar refractivity (Wildman–Crippen MR) is 58.6 cm³/mol. The van der Waals surface area contributed by atoms with Crippen molar-refractivity contribution >= 4 is 5.91 Å². The molecular weight excluding hydrogens is 233 g/mol. The van der Waals surface area contributed by atoms with Crippen LogP contribution >= 0.6 is 0 Å². The van der Waals surface area contributed by atoms with E-state index in [9.17, 15) is 18.0 Å². The summed E-state index contributed by atoms with van der Waals surface area (Å²) in [6.07, 6.45) is -0.839. The van der Waals surface area contributed by atoms with Crippen molar-refractivity contribution in [2.45, 2.75) is 50.2 Å². The van der Waals surface area contributed by atoms with Gasteiger partial charge < -0.3 is 10.6 Å². The normalized spacial score (nSPS) is 20.0. The summed E-state index contributed by atoms with van der Waals surface area (Å²) in [4.78, 5) is 11.9. The van der Waals surface area contributed by atoms with Crippen LogP contribution in [-0.2, 0) is 4.79 Å². The van der Waals surface area contributed by atoms with Gasteiger partial charge in [-0.2, -0.15) is 13.2 Å². The summed E-state index contributed by atoms with van der Waals surface area (Å²) in [7, 11) is 1.69. The third-order valence-corrected chi connectivity index (χ3v) is 3.31. The van der Waals surface area contributed by atoms with Crippen molar-refractivity contribution in [1.29, 1.82) is 0 Å². The van der Waals surface area contributed by atoms with E-state index in [4.69, 9.17) is 0 Å². The minimum Gasteiger partial charge on any atom is -0.354 e. The average molecular weight is 252 g/mol. The highest BCUT2D eigenvalue weighted by atomic mass is 19.4. The van der Waals surface area contributed by atoms with Crippen LogP contribution in [0.2, 0.25) is 0 Å². The van der Waals surface area contributed by atoms with Crippen molar-refractivity contribution in [3.63, 3.8) is 0 Å². The molecular formula is C11H19F3N2O. The summed E-state index contributed by atoms with van der Waals surface area (Å²) >= 11 is 0. The van der Waals surface area contributed by atoms with Gasteiger partial charge in [0.25, 0.3) is 0 Å². The SMILES string of the molecule is CNC1(C(=O)NCCC(F)(F)F)CCCCC1. The Morgan fingerprint density at radius 1 is 1.24 bits per heavy atom. The van der Waals surface area contributed by atoms with Gasteiger partial charge in [0.15, 0.2) is 0 Å². The molecule has 1 aliphatic rings. The number of amides is 1. The standard InChI is InChI=1S/C11H19F3N2O/c1-15-10(5-3-2-4-6-10)9(17)16-8-7-11(12,13)14/h15H,2-8H2,1H3,(H,16,17). The van der Waals surface area contributed by atoms with E-state index in [1.165, 1.54) is 0 Å². The molecule has 0 bridgehead atoms. The molecule has 17 heavy (non-hydrogen) atoms. The molecule has 1 rings (SSSR count). The molecule has 1 fully saturated rings. The summed E-state index contributed by atoms with van der Waals surface area (Å²) < 4.78 is 35.9. The third-order valence-electron chi connectivity index (χ3n) is 3.31. The molecule has 0 aromatic heterocycles. The Hall–Kier alpha value is -0.780. The molecule has 100 valence electrons. The van der Waals surface area contributed by atoms with Crippen LogP contribution in [0.3, 0.4) is 0 Å². The monoisotopic (exact) mass is 252 g/mol. The molecule has 2 N–H and O–H groups in total. The lowest BCUT2D eigenvalue weighted by Gasteiger charge is -2.35. The Morgan fingerprint density at radius 2 is 1.82 bits per heavy atom. The minimum absolute atomic E-state index is 0.302. The fraction of sp³-hybridized carbons (Fsp3) is 0.909. The first-order chi connectivity index (χ1) is 7.90. The van der Waals surface area contributed by atoms with Gasteiger partial charge in [0.1, 0.15) is 0 Å². The Morgan fingerprint density at radius 3 is 2.29 bits per heavy atom. The number of carbonyl (C=O) groups is 1. The molecule has 0 atom stereocenters. The minimum atomic E-state index is -4.22. The van der Waals surface area contributed by atoms with Crippen LogP contribution in [0, 0.1) is 0 Å². The predicted octanol–water partition coefficient (Wildman–Crippen LogP) is 1.98. The topological polar surface area (TPSA) is 41.1 Å². The lowest BCUT2D eigenvalue weighted by Crippen LogP contribution is -2.57. The highest BCUT2D eigenvalue weighted by Gasteiger charge is 2.38. The maximum absolute atomic E-state index is 12.0. The van der Waals surface area contributed by atoms with Gasteiger partial charge in [0.2, 0.25) is 5.91 Å². The van der Waals surface area contributed by atoms with Crippen molar-refractivity contribution < 1.29 is 18.0 Å². The summed E-state index contributed by atoms with van der Waals surface area (Å²) in [6.45, 7) is -0.342. The summed E-state index contributed by atoms with van der Waals surface area (Å²) in [6, 6.07) is 0. The molecule has 0 aromatic rings. The zero-order chi connectivity index (χ0) is 12.9. The number of likely N-dealkylation sites (N-methyl/N-ethyl adjacent to an activating group) is 1. The lowest BCUT2D eigenvalue weighted by molar-refractivity contribution is -0.137. The van der Waals surface area contributed by atoms with Crippen molar-refractivity contribution in [3.8, 4) is 0 Å². The van der Waals surface area contributed by atoms with Crippen LogP contribution in [0.4, 0.5) is 13.2 Å². The van der Waals surface area contributed by atoms with Crippen molar-refractivity contribution in [1.82, 2.24) is 10.6 Å². The Bertz CT molecular complexity index is 260. The van der Waals surface area contributed by atoms with E-state index in [2.05, 4.69) is 10.6 Å². The summed E-state index contributed by atoms with van der Waals surface area (Å²) in [5.74, 6) is -0.302. The molecule has 0 aromatic carbocycles. The largest absolute Gasteiger partial charge is 0.390 e. The first-order valence-corrected chi connectivity index (χ1v) is 5.94. The Balaban J connectivity index is 2.44. The maximum Gasteiger partial charge on any atom is 0.390 e. The number of rotatable bonds is 4. The fourth-order valence-corrected chi connectivity index (χ4v) is 2.23. The number of hydrogen-bond donors (Lipinski definition) is 2. The average Bonchev–Trinajstić information content (AvgIpc) is 2.28. The molecule has 1 aliphatic carbocycles. The quantitative estimate of drug-likeness (QED) is 0.803. The van der Waals surface area contributed by atoms with E-state index in [1.807, 2.05) is 0 Å². The second kappa shape index (κ2) is 5.71. The van der Waals surface area contributed by atoms with Gasteiger partial charge >= 0.3 is 6.18 Å². The Kier molecular flexibility index (Phi) is 4.80. The van der Waals surface area contributed by atoms with Crippen LogP contribution in [0.5, 0.6) is 0 Å². The van der Waals surface area contributed by atoms with Gasteiger partial charge in [-0.3, -0.25) is 4.79 Å². The van der Waals surface area contributed by atoms with Gasteiger partial charge in [-0.15, -0.1) is 0 Å². The zero-order valence-electron chi connectivity index (χ0n) is 9.99. The van der Waals surface area contributed by atoms with Gasteiger partial charge in [0, 0.05) is 6.54 Å². The van der Waals surface area contributed by atoms with Crippen molar-refractivity contribution in [2.75, 3.05) is 13.6 Å². The number of halogens is 3. The highest BCUT2D eigenvalue weighted by molar-refractivity contribution is 5.86. The van der Waals surface area contributed by atoms with Crippen LogP contribution in [0.25, 0.3) is 0 Å². The van der Waals surface area contributed by atoms with Crippen LogP contribution in [0.1, 0.15) is 38.5 Å². The second-order valence-corrected chi connectivity index (χ2v) is 4.51. The van der Waals surface area contributed by atoms with E-state index in [0.717, 1.165) is 19.3 Å². The molecule has 3 nitrogen and oxygen atoms in total. The molecule has 6 heteroatoms. The van der Waals surface area contributed by atoms with Gasteiger partial charge in [0.05, 0.1) is 12.0 Å². The van der Waals surface area contributed by atoms with Crippen molar-refractivity contribution in [3.05, 3.63) is 0 Å². The molecule has 0 unspecified atom stereocenters. The van der Waals surface area contributed by atoms with Gasteiger partial charge in [-0.1, -0.05) is 19.3 Å². The van der Waals surface area contributed by atoms with Gasteiger partial charge in [-0.05, 0) is 19.9 Å². The zero-order valence-corrected chi connectivity index (χ0v) is 9.99. The van der Waals surface area contributed by atoms with E-state index in [-0.39, 0.29) is 12.5 Å². The molecule has 0 saturated heterocycles. The van der Waals surface area contributed by atoms with Crippen LogP contribution in [0.15, 0.2) is 0 Å². The number of hydrogen-bond acceptors (Lipinski definition) is 2. The lowest BCUT2D eigenvalue weighted by atomic mass is 9.81. The summed E-state index contributed by atoms with van der Waals surface area (Å²) in [5.41, 5.74) is -0.663. The molecule has 0 heterocycles. The van der Waals surface area contributed by atoms with Crippen LogP contribution in [-0.4, -0.2) is 31.2 Å². The summed E-state index contributed by atoms with van der Waals surface area (Å²) in [5, 5.41) is 5.35. The number of nitrogens with one attached hydrogen (secondary N) is 2. The molecule has 1 saturated carbocycles. The Labute approximate surface area is 99.1 Å². The molecule has 0 aliphatic heterocycles. The molecule has 0 radical (unpaired) electrons. The first kappa shape index (κ1) is 14.3. The van der Waals surface area contributed by atoms with Crippen LogP contribution < -0.4 is 10.6 Å². The molecule has 1 amide bonds. The van der Waals surface area contributed by atoms with Gasteiger partial charge in [-0.25, -0.2) is 0 Å². The highest BCUT2D eigenvalue weighted by Crippen LogP contribution is 2.28.